The molecule has 3 heteroatoms. The third-order valence-corrected chi connectivity index (χ3v) is 0. The van der Waals surface area contributed by atoms with Gasteiger partial charge in [0.15, 0.2) is 0 Å². The Morgan fingerprint density at radius 1 is 1.25 bits per heavy atom. The number of nitrogens with zero attached hydrogens (tertiary/aromatic N) is 1. The van der Waals surface area contributed by atoms with E-state index in [0.717, 1.165) is 0 Å². The predicted octanol–water partition coefficient (Wildman–Crippen LogP) is 0.620. The molecule has 1 atom stereocenters. The van der Waals surface area contributed by atoms with Gasteiger partial charge in [0.05, 0.1) is 0 Å². The lowest BCUT2D eigenvalue weighted by Crippen LogP contribution is -0.569. The maximum atomic E-state index is 6.50. The topological polar surface area (TPSA) is 23.8 Å². The Bertz CT molecular complexity index is 12.8. The summed E-state index contributed by atoms with van der Waals surface area (Å²) < 4.78 is 0. The van der Waals surface area contributed by atoms with Gasteiger partial charge in [0.2, 0.25) is 0 Å². The van der Waals surface area contributed by atoms with Crippen LogP contribution in [0.2, 0.25) is 0 Å². The first kappa shape index (κ1) is 29.6. The molecule has 0 saturated carbocycles. The fraction of sp³-hybridized carbons (Fsp3) is 0. The zero-order valence-electron chi connectivity index (χ0n) is 2.14. The molecule has 0 aliphatic rings. The monoisotopic (exact) mass is 97.0 g/mol. The van der Waals surface area contributed by atoms with Crippen molar-refractivity contribution in [2.75, 3.05) is 0 Å². The van der Waals surface area contributed by atoms with E-state index in [1.54, 1.807) is 0 Å². The van der Waals surface area contributed by atoms with E-state index in [9.17, 15) is 0 Å². The minimum atomic E-state index is 0. The van der Waals surface area contributed by atoms with E-state index in [2.05, 4.69) is 6.57 Å². The third kappa shape index (κ3) is 73.4. The van der Waals surface area contributed by atoms with Crippen LogP contribution in [0.5, 0.6) is 0 Å². The van der Waals surface area contributed by atoms with Crippen LogP contribution in [0.25, 0.3) is 0 Å². The van der Waals surface area contributed by atoms with Crippen molar-refractivity contribution in [2.45, 2.75) is 0 Å². The summed E-state index contributed by atoms with van der Waals surface area (Å²) in [7, 11) is 0. The second-order valence-corrected chi connectivity index (χ2v) is 0. The second-order valence-electron chi connectivity index (χ2n) is 0. The molecule has 0 aromatic rings. The Hall–Kier alpha value is 0.210. The van der Waals surface area contributed by atoms with E-state index in [1.165, 1.54) is 0 Å². The van der Waals surface area contributed by atoms with Gasteiger partial charge in [0, 0.05) is 6.57 Å². The molecule has 0 N–H and O–H groups in total. The second kappa shape index (κ2) is 356. The minimum absolute atomic E-state index is 0. The Morgan fingerprint density at radius 3 is 1.25 bits per heavy atom. The van der Waals surface area contributed by atoms with Crippen molar-refractivity contribution in [3.05, 3.63) is 0 Å². The van der Waals surface area contributed by atoms with Crippen molar-refractivity contribution in [1.82, 2.24) is 0 Å². The van der Waals surface area contributed by atoms with E-state index in [1.807, 2.05) is 0 Å². The molecule has 0 rings (SSSR count). The van der Waals surface area contributed by atoms with Crippen molar-refractivity contribution in [2.24, 2.45) is 0 Å². The van der Waals surface area contributed by atoms with Crippen LogP contribution in [0, 0.1) is 11.8 Å². The zero-order valence-corrected chi connectivity index (χ0v) is 4.37. The molecule has 0 saturated heterocycles. The van der Waals surface area contributed by atoms with E-state index < -0.39 is 0 Å². The average molecular weight is 97.5 g/mol. The molecule has 0 amide bonds. The number of rotatable bonds is 0. The van der Waals surface area contributed by atoms with Crippen LogP contribution in [0.4, 0.5) is 0 Å². The highest BCUT2D eigenvalue weighted by atomic mass is 35.5. The third-order valence-electron chi connectivity index (χ3n) is 0. The first-order valence-corrected chi connectivity index (χ1v) is 0.258. The van der Waals surface area contributed by atoms with E-state index in [0.29, 0.717) is 0 Å². The highest BCUT2D eigenvalue weighted by molar-refractivity contribution is 6.92. The van der Waals surface area contributed by atoms with Gasteiger partial charge in [0.1, 0.15) is 0 Å². The molecule has 0 aromatic carbocycles. The SMILES string of the molecule is C#N.Cl.P. The van der Waals surface area contributed by atoms with Gasteiger partial charge in [-0.1, -0.05) is 0 Å². The molecule has 26 valence electrons. The highest BCUT2D eigenvalue weighted by Gasteiger charge is 0.513. The van der Waals surface area contributed by atoms with Gasteiger partial charge >= 0.3 is 0 Å². The van der Waals surface area contributed by atoms with Crippen molar-refractivity contribution >= 4 is 22.3 Å². The molecule has 1 nitrogen and oxygen atoms in total. The van der Waals surface area contributed by atoms with Crippen LogP contribution in [0.3, 0.4) is 0 Å². The largest absolute Gasteiger partial charge is 0.202 e. The quantitative estimate of drug-likeness (QED) is 0.407. The van der Waals surface area contributed by atoms with Gasteiger partial charge in [-0.15, -0.1) is 12.4 Å². The van der Waals surface area contributed by atoms with Gasteiger partial charge in [-0.25, -0.2) is 5.26 Å². The van der Waals surface area contributed by atoms with Gasteiger partial charge in [-0.3, -0.25) is 0 Å². The van der Waals surface area contributed by atoms with Crippen LogP contribution in [-0.2, 0) is 0 Å². The summed E-state index contributed by atoms with van der Waals surface area (Å²) in [6.07, 6.45) is 0. The summed E-state index contributed by atoms with van der Waals surface area (Å²) in [6, 6.07) is 0. The fourth-order valence-corrected chi connectivity index (χ4v) is 0. The molecule has 0 aromatic heterocycles. The van der Waals surface area contributed by atoms with E-state index in [4.69, 9.17) is 5.26 Å². The summed E-state index contributed by atoms with van der Waals surface area (Å²) in [6.45, 7) is 3.50. The molecule has 4 heavy (non-hydrogen) atoms. The van der Waals surface area contributed by atoms with Gasteiger partial charge < -0.3 is 0 Å². The standard InChI is InChI=1S/CHN.ClH.H3P/c1-2;;/h1H;1H;1H3. The summed E-state index contributed by atoms with van der Waals surface area (Å²) in [5.41, 5.74) is 0. The normalized spacial score (nSPS) is 0.500. The van der Waals surface area contributed by atoms with Gasteiger partial charge in [-0.2, -0.15) is 9.90 Å². The average Bonchev–Trinajstić information content (AvgIpc) is 1.00. The van der Waals surface area contributed by atoms with Crippen molar-refractivity contribution in [3.63, 3.8) is 0 Å². The molecular weight excluding hydrogens is 92.4 g/mol. The molecule has 1 unspecified atom stereocenters. The van der Waals surface area contributed by atoms with Crippen molar-refractivity contribution < 1.29 is 0 Å². The van der Waals surface area contributed by atoms with Crippen LogP contribution < -0.4 is 0 Å². The summed E-state index contributed by atoms with van der Waals surface area (Å²) in [4.78, 5) is 0. The van der Waals surface area contributed by atoms with Crippen LogP contribution >= 0.6 is 22.3 Å². The molecule has 0 radical (unpaired) electrons. The summed E-state index contributed by atoms with van der Waals surface area (Å²) >= 11 is 0. The maximum absolute atomic E-state index is 6.50. The molecule has 0 bridgehead atoms. The lowest BCUT2D eigenvalue weighted by atomic mass is 11.9. The van der Waals surface area contributed by atoms with Gasteiger partial charge in [0.25, 0.3) is 0 Å². The number of nitriles is 1. The van der Waals surface area contributed by atoms with E-state index >= 15 is 0 Å². The molecule has 0 fully saturated rings. The van der Waals surface area contributed by atoms with Crippen molar-refractivity contribution in [1.29, 1.82) is 5.26 Å². The number of halogens is 1. The minimum Gasteiger partial charge on any atom is -0.202 e. The maximum Gasteiger partial charge on any atom is 0.0462 e. The predicted molar refractivity (Wildman–Crippen MR) is 25.0 cm³/mol. The first-order valence-electron chi connectivity index (χ1n) is 0.258. The Balaban J connectivity index is -0.00000000500. The zero-order chi connectivity index (χ0) is 2.00. The van der Waals surface area contributed by atoms with Gasteiger partial charge in [-0.05, 0) is 0 Å². The van der Waals surface area contributed by atoms with Crippen molar-refractivity contribution in [3.8, 4) is 6.57 Å². The Morgan fingerprint density at radius 2 is 1.25 bits per heavy atom. The summed E-state index contributed by atoms with van der Waals surface area (Å²) in [5.74, 6) is 0. The first-order chi connectivity index (χ1) is 1.00. The fourth-order valence-electron chi connectivity index (χ4n) is 0. The highest BCUT2D eigenvalue weighted by Crippen LogP contribution is 0.861. The van der Waals surface area contributed by atoms with Crippen LogP contribution in [0.1, 0.15) is 0 Å². The summed E-state index contributed by atoms with van der Waals surface area (Å²) in [5, 5.41) is 6.50. The Kier molecular flexibility index (Phi) is 2630. The van der Waals surface area contributed by atoms with Crippen LogP contribution in [-0.4, -0.2) is 0 Å². The Labute approximate surface area is 35.0 Å². The molecule has 0 aliphatic heterocycles. The van der Waals surface area contributed by atoms with Crippen LogP contribution in [0.15, 0.2) is 0 Å². The van der Waals surface area contributed by atoms with E-state index in [-0.39, 0.29) is 22.3 Å². The lowest BCUT2D eigenvalue weighted by Gasteiger charge is -0.668. The molecule has 0 spiro atoms. The smallest absolute Gasteiger partial charge is 0.0462 e. The number of hydrogen-bond acceptors (Lipinski definition) is 1. The molecule has 0 heterocycles. The molecular formula is CH5ClNP. The molecule has 0 aliphatic carbocycles. The number of hydrogen-bond donors (Lipinski definition) is 0. The lowest BCUT2D eigenvalue weighted by molar-refractivity contribution is 1.58.